The summed E-state index contributed by atoms with van der Waals surface area (Å²) in [6.45, 7) is 5.61. The number of carbonyl (C=O) groups excluding carboxylic acids is 1. The molecule has 3 nitrogen and oxygen atoms in total. The van der Waals surface area contributed by atoms with Crippen molar-refractivity contribution >= 4 is 30.4 Å². The third-order valence-electron chi connectivity index (χ3n) is 4.65. The first-order chi connectivity index (χ1) is 10.6. The zero-order valence-electron chi connectivity index (χ0n) is 13.8. The van der Waals surface area contributed by atoms with Crippen LogP contribution in [0.15, 0.2) is 12.3 Å². The highest BCUT2D eigenvalue weighted by molar-refractivity contribution is 7.99. The third-order valence-corrected chi connectivity index (χ3v) is 6.56. The van der Waals surface area contributed by atoms with Crippen LogP contribution in [-0.2, 0) is 0 Å². The Balaban J connectivity index is 1.48. The number of nitrogens with zero attached hydrogens (tertiary/aromatic N) is 1. The number of urea groups is 1. The van der Waals surface area contributed by atoms with Crippen LogP contribution in [0.2, 0.25) is 0 Å². The van der Waals surface area contributed by atoms with Gasteiger partial charge in [-0.3, -0.25) is 0 Å². The number of thioether (sulfide) groups is 1. The minimum Gasteiger partial charge on any atom is -0.323 e. The number of nitrogens with one attached hydrogen (secondary N) is 1. The van der Waals surface area contributed by atoms with Gasteiger partial charge in [-0.25, -0.2) is 4.79 Å². The van der Waals surface area contributed by atoms with E-state index >= 15 is 0 Å². The van der Waals surface area contributed by atoms with E-state index in [4.69, 9.17) is 0 Å². The maximum Gasteiger partial charge on any atom is 0.322 e. The van der Waals surface area contributed by atoms with Gasteiger partial charge in [-0.05, 0) is 49.3 Å². The van der Waals surface area contributed by atoms with Crippen LogP contribution in [0.4, 0.5) is 4.79 Å². The largest absolute Gasteiger partial charge is 0.323 e. The molecule has 4 atom stereocenters. The molecule has 2 rings (SSSR count). The van der Waals surface area contributed by atoms with Crippen molar-refractivity contribution < 1.29 is 4.79 Å². The van der Waals surface area contributed by atoms with Crippen molar-refractivity contribution in [1.29, 1.82) is 0 Å². The van der Waals surface area contributed by atoms with Gasteiger partial charge in [-0.15, -0.1) is 0 Å². The van der Waals surface area contributed by atoms with Crippen molar-refractivity contribution in [3.63, 3.8) is 0 Å². The lowest BCUT2D eigenvalue weighted by Gasteiger charge is -2.25. The van der Waals surface area contributed by atoms with Crippen molar-refractivity contribution in [2.24, 2.45) is 11.8 Å². The topological polar surface area (TPSA) is 32.3 Å². The zero-order valence-corrected chi connectivity index (χ0v) is 15.5. The Labute approximate surface area is 145 Å². The standard InChI is InChI=1S/C17H30N2OS2/c1-13-11-14(2)15(12-13)22-10-6-4-3-5-8-19-9-7-16(21)18-17(19)20/h7,9,13-16,21H,3-6,8,10-12H2,1-2H3,(H,18,20). The second-order valence-corrected chi connectivity index (χ2v) is 8.71. The minimum atomic E-state index is -0.138. The maximum absolute atomic E-state index is 11.7. The lowest BCUT2D eigenvalue weighted by atomic mass is 10.1. The Hall–Kier alpha value is -0.290. The SMILES string of the molecule is CC1CC(C)C(SCCCCCCN2C=CC(S)NC2=O)C1. The molecule has 1 aliphatic heterocycles. The van der Waals surface area contributed by atoms with Crippen LogP contribution in [0.1, 0.15) is 52.4 Å². The zero-order chi connectivity index (χ0) is 15.9. The first-order valence-electron chi connectivity index (χ1n) is 8.61. The molecule has 2 aliphatic rings. The molecule has 126 valence electrons. The van der Waals surface area contributed by atoms with Gasteiger partial charge in [0.1, 0.15) is 0 Å². The van der Waals surface area contributed by atoms with Gasteiger partial charge < -0.3 is 10.2 Å². The number of hydrogen-bond donors (Lipinski definition) is 2. The molecule has 2 amide bonds. The van der Waals surface area contributed by atoms with Crippen LogP contribution in [0.3, 0.4) is 0 Å². The highest BCUT2D eigenvalue weighted by Crippen LogP contribution is 2.38. The van der Waals surface area contributed by atoms with Crippen LogP contribution in [0.25, 0.3) is 0 Å². The molecule has 22 heavy (non-hydrogen) atoms. The lowest BCUT2D eigenvalue weighted by molar-refractivity contribution is 0.212. The molecule has 0 spiro atoms. The van der Waals surface area contributed by atoms with E-state index in [0.29, 0.717) is 0 Å². The summed E-state index contributed by atoms with van der Waals surface area (Å²) < 4.78 is 0. The third kappa shape index (κ3) is 5.73. The quantitative estimate of drug-likeness (QED) is 0.502. The Kier molecular flexibility index (Phi) is 7.48. The molecule has 5 heteroatoms. The molecule has 0 aromatic rings. The molecule has 0 aromatic carbocycles. The molecule has 0 saturated heterocycles. The summed E-state index contributed by atoms with van der Waals surface area (Å²) >= 11 is 6.40. The van der Waals surface area contributed by atoms with Gasteiger partial charge in [0.2, 0.25) is 0 Å². The number of thiol groups is 1. The molecule has 0 aromatic heterocycles. The van der Waals surface area contributed by atoms with Gasteiger partial charge >= 0.3 is 6.03 Å². The molecule has 0 radical (unpaired) electrons. The molecular weight excluding hydrogens is 312 g/mol. The van der Waals surface area contributed by atoms with Gasteiger partial charge in [0, 0.05) is 18.0 Å². The Morgan fingerprint density at radius 3 is 2.73 bits per heavy atom. The van der Waals surface area contributed by atoms with Crippen molar-refractivity contribution in [2.75, 3.05) is 12.3 Å². The fourth-order valence-electron chi connectivity index (χ4n) is 3.40. The maximum atomic E-state index is 11.7. The number of rotatable bonds is 8. The summed E-state index contributed by atoms with van der Waals surface area (Å²) in [7, 11) is 0. The summed E-state index contributed by atoms with van der Waals surface area (Å²) in [5, 5.41) is 3.55. The van der Waals surface area contributed by atoms with E-state index in [1.807, 2.05) is 12.3 Å². The van der Waals surface area contributed by atoms with Crippen molar-refractivity contribution in [2.45, 2.75) is 63.0 Å². The van der Waals surface area contributed by atoms with Crippen LogP contribution >= 0.6 is 24.4 Å². The normalized spacial score (nSPS) is 31.6. The first-order valence-corrected chi connectivity index (χ1v) is 10.2. The Morgan fingerprint density at radius 1 is 1.27 bits per heavy atom. The molecule has 1 heterocycles. The van der Waals surface area contributed by atoms with E-state index in [-0.39, 0.29) is 11.4 Å². The average molecular weight is 343 g/mol. The Bertz CT molecular complexity index is 389. The van der Waals surface area contributed by atoms with Gasteiger partial charge in [0.05, 0.1) is 5.37 Å². The molecule has 1 aliphatic carbocycles. The minimum absolute atomic E-state index is 0.0256. The van der Waals surface area contributed by atoms with Crippen LogP contribution in [0, 0.1) is 11.8 Å². The molecule has 4 unspecified atom stereocenters. The number of amides is 2. The van der Waals surface area contributed by atoms with E-state index in [2.05, 4.69) is 43.6 Å². The molecule has 1 fully saturated rings. The van der Waals surface area contributed by atoms with E-state index in [1.165, 1.54) is 37.9 Å². The first kappa shape index (κ1) is 18.1. The van der Waals surface area contributed by atoms with Crippen LogP contribution < -0.4 is 5.32 Å². The number of carbonyl (C=O) groups is 1. The predicted octanol–water partition coefficient (Wildman–Crippen LogP) is 4.51. The highest BCUT2D eigenvalue weighted by Gasteiger charge is 2.28. The van der Waals surface area contributed by atoms with E-state index in [9.17, 15) is 4.79 Å². The fraction of sp³-hybridized carbons (Fsp3) is 0.824. The smallest absolute Gasteiger partial charge is 0.322 e. The summed E-state index contributed by atoms with van der Waals surface area (Å²) in [4.78, 5) is 13.4. The molecule has 0 bridgehead atoms. The van der Waals surface area contributed by atoms with Crippen LogP contribution in [-0.4, -0.2) is 33.9 Å². The second kappa shape index (κ2) is 9.11. The fourth-order valence-corrected chi connectivity index (χ4v) is 5.17. The lowest BCUT2D eigenvalue weighted by Crippen LogP contribution is -2.43. The van der Waals surface area contributed by atoms with Crippen LogP contribution in [0.5, 0.6) is 0 Å². The average Bonchev–Trinajstić information content (AvgIpc) is 2.78. The molecule has 1 N–H and O–H groups in total. The van der Waals surface area contributed by atoms with Crippen molar-refractivity contribution in [1.82, 2.24) is 10.2 Å². The summed E-state index contributed by atoms with van der Waals surface area (Å²) in [6, 6.07) is -0.0256. The summed E-state index contributed by atoms with van der Waals surface area (Å²) in [5.74, 6) is 3.13. The Morgan fingerprint density at radius 2 is 2.05 bits per heavy atom. The van der Waals surface area contributed by atoms with Gasteiger partial charge in [-0.1, -0.05) is 26.7 Å². The van der Waals surface area contributed by atoms with Gasteiger partial charge in [-0.2, -0.15) is 24.4 Å². The van der Waals surface area contributed by atoms with Crippen molar-refractivity contribution in [3.8, 4) is 0 Å². The van der Waals surface area contributed by atoms with Crippen molar-refractivity contribution in [3.05, 3.63) is 12.3 Å². The summed E-state index contributed by atoms with van der Waals surface area (Å²) in [6.07, 6.45) is 11.5. The van der Waals surface area contributed by atoms with Gasteiger partial charge in [0.25, 0.3) is 0 Å². The predicted molar refractivity (Wildman–Crippen MR) is 99.4 cm³/mol. The monoisotopic (exact) mass is 342 g/mol. The molecule has 1 saturated carbocycles. The van der Waals surface area contributed by atoms with E-state index < -0.39 is 0 Å². The number of unbranched alkanes of at least 4 members (excludes halogenated alkanes) is 3. The van der Waals surface area contributed by atoms with E-state index in [1.54, 1.807) is 4.90 Å². The number of hydrogen-bond acceptors (Lipinski definition) is 3. The molecular formula is C17H30N2OS2. The van der Waals surface area contributed by atoms with E-state index in [0.717, 1.165) is 30.1 Å². The van der Waals surface area contributed by atoms with Gasteiger partial charge in [0.15, 0.2) is 0 Å². The highest BCUT2D eigenvalue weighted by atomic mass is 32.2. The summed E-state index contributed by atoms with van der Waals surface area (Å²) in [5.41, 5.74) is 0. The second-order valence-electron chi connectivity index (χ2n) is 6.81.